The predicted octanol–water partition coefficient (Wildman–Crippen LogP) is 3.00. The van der Waals surface area contributed by atoms with Crippen molar-refractivity contribution in [3.8, 4) is 11.5 Å². The summed E-state index contributed by atoms with van der Waals surface area (Å²) in [5, 5.41) is 3.25. The monoisotopic (exact) mass is 456 g/mol. The first-order chi connectivity index (χ1) is 14.9. The Morgan fingerprint density at radius 2 is 1.68 bits per heavy atom. The molecule has 0 unspecified atom stereocenters. The molecule has 0 aromatic heterocycles. The summed E-state index contributed by atoms with van der Waals surface area (Å²) in [6, 6.07) is 11.5. The van der Waals surface area contributed by atoms with E-state index in [1.54, 1.807) is 43.3 Å². The van der Waals surface area contributed by atoms with Gasteiger partial charge in [0, 0.05) is 26.2 Å². The normalized spacial score (nSPS) is 15.2. The van der Waals surface area contributed by atoms with Gasteiger partial charge < -0.3 is 19.5 Å². The van der Waals surface area contributed by atoms with Crippen LogP contribution in [0.5, 0.6) is 11.5 Å². The van der Waals surface area contributed by atoms with E-state index in [0.717, 1.165) is 11.1 Å². The van der Waals surface area contributed by atoms with Gasteiger partial charge in [0.15, 0.2) is 11.5 Å². The lowest BCUT2D eigenvalue weighted by Crippen LogP contribution is -2.40. The topological polar surface area (TPSA) is 77.1 Å². The second-order valence-corrected chi connectivity index (χ2v) is 8.79. The number of nitrogens with one attached hydrogen (secondary N) is 1. The Labute approximate surface area is 181 Å². The second-order valence-electron chi connectivity index (χ2n) is 6.86. The molecule has 0 atom stereocenters. The Hall–Kier alpha value is -2.27. The van der Waals surface area contributed by atoms with Gasteiger partial charge in [-0.15, -0.1) is 0 Å². The molecule has 1 aliphatic heterocycles. The number of rotatable bonds is 10. The van der Waals surface area contributed by atoms with Crippen LogP contribution >= 0.6 is 0 Å². The van der Waals surface area contributed by atoms with E-state index in [1.807, 2.05) is 0 Å². The van der Waals surface area contributed by atoms with Crippen molar-refractivity contribution in [3.05, 3.63) is 53.6 Å². The van der Waals surface area contributed by atoms with Crippen molar-refractivity contribution in [1.29, 1.82) is 0 Å². The summed E-state index contributed by atoms with van der Waals surface area (Å²) in [5.74, 6) is 0.262. The molecule has 1 N–H and O–H groups in total. The number of hydrogen-bond acceptors (Lipinski definition) is 6. The SMILES string of the molecule is CCOc1cc(CNCc2ccc(S(=O)(=O)N3CCOCC3)cc2)ccc1OC(F)F. The van der Waals surface area contributed by atoms with Crippen molar-refractivity contribution in [3.63, 3.8) is 0 Å². The first-order valence-electron chi connectivity index (χ1n) is 9.98. The highest BCUT2D eigenvalue weighted by Crippen LogP contribution is 2.30. The van der Waals surface area contributed by atoms with Gasteiger partial charge in [-0.3, -0.25) is 0 Å². The largest absolute Gasteiger partial charge is 0.490 e. The van der Waals surface area contributed by atoms with Crippen LogP contribution in [0.1, 0.15) is 18.1 Å². The Kier molecular flexibility index (Phi) is 8.19. The fraction of sp³-hybridized carbons (Fsp3) is 0.429. The number of halogens is 2. The highest BCUT2D eigenvalue weighted by Gasteiger charge is 2.26. The van der Waals surface area contributed by atoms with Crippen molar-refractivity contribution in [2.75, 3.05) is 32.9 Å². The van der Waals surface area contributed by atoms with Crippen LogP contribution in [0.15, 0.2) is 47.4 Å². The lowest BCUT2D eigenvalue weighted by molar-refractivity contribution is -0.0514. The molecular formula is C21H26F2N2O5S. The zero-order valence-corrected chi connectivity index (χ0v) is 18.0. The highest BCUT2D eigenvalue weighted by molar-refractivity contribution is 7.89. The van der Waals surface area contributed by atoms with Gasteiger partial charge in [-0.1, -0.05) is 18.2 Å². The molecule has 1 saturated heterocycles. The van der Waals surface area contributed by atoms with E-state index >= 15 is 0 Å². The molecule has 170 valence electrons. The van der Waals surface area contributed by atoms with E-state index in [1.165, 1.54) is 10.4 Å². The van der Waals surface area contributed by atoms with Gasteiger partial charge in [-0.2, -0.15) is 13.1 Å². The molecule has 7 nitrogen and oxygen atoms in total. The van der Waals surface area contributed by atoms with E-state index in [9.17, 15) is 17.2 Å². The molecule has 2 aromatic carbocycles. The number of benzene rings is 2. The molecule has 1 heterocycles. The number of morpholine rings is 1. The zero-order chi connectivity index (χ0) is 22.3. The van der Waals surface area contributed by atoms with Crippen molar-refractivity contribution in [2.45, 2.75) is 31.5 Å². The van der Waals surface area contributed by atoms with Gasteiger partial charge in [0.05, 0.1) is 24.7 Å². The van der Waals surface area contributed by atoms with Crippen molar-refractivity contribution in [2.24, 2.45) is 0 Å². The maximum atomic E-state index is 12.7. The van der Waals surface area contributed by atoms with E-state index < -0.39 is 16.6 Å². The van der Waals surface area contributed by atoms with E-state index in [4.69, 9.17) is 9.47 Å². The third-order valence-electron chi connectivity index (χ3n) is 4.71. The minimum atomic E-state index is -3.51. The summed E-state index contributed by atoms with van der Waals surface area (Å²) < 4.78 is 66.8. The second kappa shape index (κ2) is 10.9. The van der Waals surface area contributed by atoms with Gasteiger partial charge in [0.25, 0.3) is 0 Å². The summed E-state index contributed by atoms with van der Waals surface area (Å²) in [6.45, 7) is 1.69. The number of ether oxygens (including phenoxy) is 3. The fourth-order valence-electron chi connectivity index (χ4n) is 3.19. The molecule has 2 aromatic rings. The minimum absolute atomic E-state index is 0.00216. The predicted molar refractivity (Wildman–Crippen MR) is 111 cm³/mol. The standard InChI is InChI=1S/C21H26F2N2O5S/c1-2-29-20-13-17(5-8-19(20)30-21(22)23)15-24-14-16-3-6-18(7-4-16)31(26,27)25-9-11-28-12-10-25/h3-8,13,21,24H,2,9-12,14-15H2,1H3. The lowest BCUT2D eigenvalue weighted by Gasteiger charge is -2.26. The molecule has 31 heavy (non-hydrogen) atoms. The van der Waals surface area contributed by atoms with Crippen LogP contribution in [-0.4, -0.2) is 52.2 Å². The van der Waals surface area contributed by atoms with Crippen LogP contribution in [0.2, 0.25) is 0 Å². The average molecular weight is 457 g/mol. The molecule has 10 heteroatoms. The minimum Gasteiger partial charge on any atom is -0.490 e. The van der Waals surface area contributed by atoms with Crippen LogP contribution in [0.3, 0.4) is 0 Å². The zero-order valence-electron chi connectivity index (χ0n) is 17.2. The van der Waals surface area contributed by atoms with E-state index in [-0.39, 0.29) is 16.4 Å². The third-order valence-corrected chi connectivity index (χ3v) is 6.63. The molecule has 0 radical (unpaired) electrons. The molecule has 1 fully saturated rings. The van der Waals surface area contributed by atoms with Gasteiger partial charge in [0.1, 0.15) is 0 Å². The highest BCUT2D eigenvalue weighted by atomic mass is 32.2. The van der Waals surface area contributed by atoms with E-state index in [2.05, 4.69) is 10.1 Å². The maximum Gasteiger partial charge on any atom is 0.387 e. The molecule has 0 spiro atoms. The molecule has 0 saturated carbocycles. The summed E-state index contributed by atoms with van der Waals surface area (Å²) >= 11 is 0. The van der Waals surface area contributed by atoms with Crippen LogP contribution < -0.4 is 14.8 Å². The first-order valence-corrected chi connectivity index (χ1v) is 11.4. The first kappa shape index (κ1) is 23.4. The maximum absolute atomic E-state index is 12.7. The number of nitrogens with zero attached hydrogens (tertiary/aromatic N) is 1. The van der Waals surface area contributed by atoms with E-state index in [0.29, 0.717) is 46.0 Å². The van der Waals surface area contributed by atoms with Crippen molar-refractivity contribution >= 4 is 10.0 Å². The number of sulfonamides is 1. The van der Waals surface area contributed by atoms with Crippen molar-refractivity contribution in [1.82, 2.24) is 9.62 Å². The fourth-order valence-corrected chi connectivity index (χ4v) is 4.60. The van der Waals surface area contributed by atoms with Crippen molar-refractivity contribution < 1.29 is 31.4 Å². The Balaban J connectivity index is 1.57. The van der Waals surface area contributed by atoms with Crippen LogP contribution in [0.4, 0.5) is 8.78 Å². The third kappa shape index (κ3) is 6.36. The number of hydrogen-bond donors (Lipinski definition) is 1. The van der Waals surface area contributed by atoms with Gasteiger partial charge >= 0.3 is 6.61 Å². The van der Waals surface area contributed by atoms with Crippen LogP contribution in [0.25, 0.3) is 0 Å². The Bertz CT molecular complexity index is 949. The lowest BCUT2D eigenvalue weighted by atomic mass is 10.2. The molecule has 0 bridgehead atoms. The van der Waals surface area contributed by atoms with Gasteiger partial charge in [0.2, 0.25) is 10.0 Å². The van der Waals surface area contributed by atoms with Crippen LogP contribution in [-0.2, 0) is 27.8 Å². The summed E-state index contributed by atoms with van der Waals surface area (Å²) in [4.78, 5) is 0.258. The Morgan fingerprint density at radius 3 is 2.32 bits per heavy atom. The molecule has 1 aliphatic rings. The summed E-state index contributed by atoms with van der Waals surface area (Å²) in [7, 11) is -3.51. The molecule has 0 aliphatic carbocycles. The Morgan fingerprint density at radius 1 is 1.03 bits per heavy atom. The quantitative estimate of drug-likeness (QED) is 0.592. The molecular weight excluding hydrogens is 430 g/mol. The average Bonchev–Trinajstić information content (AvgIpc) is 2.76. The smallest absolute Gasteiger partial charge is 0.387 e. The molecule has 0 amide bonds. The summed E-state index contributed by atoms with van der Waals surface area (Å²) in [5.41, 5.74) is 1.76. The molecule has 3 rings (SSSR count). The number of alkyl halides is 2. The summed E-state index contributed by atoms with van der Waals surface area (Å²) in [6.07, 6.45) is 0. The van der Waals surface area contributed by atoms with Gasteiger partial charge in [-0.05, 0) is 42.3 Å². The van der Waals surface area contributed by atoms with Crippen LogP contribution in [0, 0.1) is 0 Å². The van der Waals surface area contributed by atoms with Gasteiger partial charge in [-0.25, -0.2) is 8.42 Å².